The largest absolute Gasteiger partial charge is 0.354 e. The summed E-state index contributed by atoms with van der Waals surface area (Å²) >= 11 is 0. The number of anilines is 1. The molecule has 1 aromatic carbocycles. The van der Waals surface area contributed by atoms with E-state index in [0.717, 1.165) is 31.6 Å². The van der Waals surface area contributed by atoms with Gasteiger partial charge in [-0.1, -0.05) is 0 Å². The van der Waals surface area contributed by atoms with Gasteiger partial charge in [-0.2, -0.15) is 0 Å². The van der Waals surface area contributed by atoms with Crippen LogP contribution in [0.2, 0.25) is 0 Å². The minimum Gasteiger partial charge on any atom is -0.354 e. The predicted molar refractivity (Wildman–Crippen MR) is 56.0 cm³/mol. The third-order valence-electron chi connectivity index (χ3n) is 2.57. The first kappa shape index (κ1) is 9.96. The van der Waals surface area contributed by atoms with Gasteiger partial charge in [0.25, 0.3) is 0 Å². The minimum atomic E-state index is -0.233. The molecular formula is C11H13FN2O. The number of hydrogen-bond acceptors (Lipinski definition) is 2. The molecule has 1 heterocycles. The third-order valence-corrected chi connectivity index (χ3v) is 2.57. The van der Waals surface area contributed by atoms with E-state index in [1.165, 1.54) is 12.1 Å². The fourth-order valence-corrected chi connectivity index (χ4v) is 1.77. The summed E-state index contributed by atoms with van der Waals surface area (Å²) in [5.41, 5.74) is 0.961. The number of hydrogen-bond donors (Lipinski definition) is 0. The summed E-state index contributed by atoms with van der Waals surface area (Å²) in [7, 11) is 0. The van der Waals surface area contributed by atoms with Crippen molar-refractivity contribution in [3.63, 3.8) is 0 Å². The molecule has 1 amide bonds. The van der Waals surface area contributed by atoms with E-state index in [-0.39, 0.29) is 5.82 Å². The molecular weight excluding hydrogens is 195 g/mol. The maximum atomic E-state index is 12.7. The van der Waals surface area contributed by atoms with E-state index in [1.807, 2.05) is 0 Å². The van der Waals surface area contributed by atoms with E-state index in [0.29, 0.717) is 6.67 Å². The summed E-state index contributed by atoms with van der Waals surface area (Å²) in [4.78, 5) is 14.4. The van der Waals surface area contributed by atoms with E-state index in [1.54, 1.807) is 17.0 Å². The van der Waals surface area contributed by atoms with Gasteiger partial charge >= 0.3 is 0 Å². The molecule has 1 saturated heterocycles. The second kappa shape index (κ2) is 4.29. The molecule has 0 aromatic heterocycles. The highest BCUT2D eigenvalue weighted by atomic mass is 19.1. The van der Waals surface area contributed by atoms with Crippen molar-refractivity contribution < 1.29 is 9.18 Å². The molecule has 0 unspecified atom stereocenters. The molecule has 1 aliphatic heterocycles. The van der Waals surface area contributed by atoms with Crippen molar-refractivity contribution in [2.75, 3.05) is 24.7 Å². The van der Waals surface area contributed by atoms with Gasteiger partial charge in [0.1, 0.15) is 5.82 Å². The maximum Gasteiger partial charge on any atom is 0.211 e. The van der Waals surface area contributed by atoms with E-state index in [9.17, 15) is 9.18 Å². The fourth-order valence-electron chi connectivity index (χ4n) is 1.77. The molecule has 0 aliphatic carbocycles. The number of carbonyl (C=O) groups is 1. The monoisotopic (exact) mass is 208 g/mol. The zero-order chi connectivity index (χ0) is 10.7. The standard InChI is InChI=1S/C11H13FN2O/c12-10-2-4-11(5-3-10)14-7-1-6-13(8-14)9-15/h2-5,9H,1,6-8H2. The average molecular weight is 208 g/mol. The minimum absolute atomic E-state index is 0.233. The second-order valence-corrected chi connectivity index (χ2v) is 3.65. The lowest BCUT2D eigenvalue weighted by Gasteiger charge is -2.34. The molecule has 80 valence electrons. The van der Waals surface area contributed by atoms with Crippen LogP contribution < -0.4 is 4.90 Å². The zero-order valence-electron chi connectivity index (χ0n) is 8.40. The van der Waals surface area contributed by atoms with E-state index < -0.39 is 0 Å². The van der Waals surface area contributed by atoms with Gasteiger partial charge in [-0.15, -0.1) is 0 Å². The molecule has 0 atom stereocenters. The molecule has 1 aliphatic rings. The van der Waals surface area contributed by atoms with E-state index in [4.69, 9.17) is 0 Å². The molecule has 0 radical (unpaired) electrons. The lowest BCUT2D eigenvalue weighted by Crippen LogP contribution is -2.44. The topological polar surface area (TPSA) is 23.6 Å². The highest BCUT2D eigenvalue weighted by Gasteiger charge is 2.15. The summed E-state index contributed by atoms with van der Waals surface area (Å²) < 4.78 is 12.7. The molecule has 15 heavy (non-hydrogen) atoms. The van der Waals surface area contributed by atoms with Crippen molar-refractivity contribution >= 4 is 12.1 Å². The quantitative estimate of drug-likeness (QED) is 0.687. The summed E-state index contributed by atoms with van der Waals surface area (Å²) in [6.45, 7) is 2.31. The summed E-state index contributed by atoms with van der Waals surface area (Å²) in [6, 6.07) is 6.36. The Labute approximate surface area is 88.1 Å². The van der Waals surface area contributed by atoms with Crippen LogP contribution in [-0.2, 0) is 4.79 Å². The van der Waals surface area contributed by atoms with Crippen molar-refractivity contribution in [3.8, 4) is 0 Å². The number of nitrogens with zero attached hydrogens (tertiary/aromatic N) is 2. The van der Waals surface area contributed by atoms with E-state index >= 15 is 0 Å². The Morgan fingerprint density at radius 2 is 1.93 bits per heavy atom. The Kier molecular flexibility index (Phi) is 2.85. The van der Waals surface area contributed by atoms with Crippen molar-refractivity contribution in [3.05, 3.63) is 30.1 Å². The SMILES string of the molecule is O=CN1CCCN(c2ccc(F)cc2)C1. The summed E-state index contributed by atoms with van der Waals surface area (Å²) in [5.74, 6) is -0.233. The van der Waals surface area contributed by atoms with Crippen LogP contribution in [0.25, 0.3) is 0 Å². The second-order valence-electron chi connectivity index (χ2n) is 3.65. The highest BCUT2D eigenvalue weighted by Crippen LogP contribution is 2.17. The number of rotatable bonds is 2. The number of amides is 1. The molecule has 0 bridgehead atoms. The van der Waals surface area contributed by atoms with Crippen molar-refractivity contribution in [2.24, 2.45) is 0 Å². The Morgan fingerprint density at radius 1 is 1.20 bits per heavy atom. The van der Waals surface area contributed by atoms with Gasteiger partial charge in [0.2, 0.25) is 6.41 Å². The lowest BCUT2D eigenvalue weighted by atomic mass is 10.2. The van der Waals surface area contributed by atoms with Crippen molar-refractivity contribution in [2.45, 2.75) is 6.42 Å². The molecule has 1 aromatic rings. The Hall–Kier alpha value is -1.58. The molecule has 0 spiro atoms. The molecule has 1 fully saturated rings. The van der Waals surface area contributed by atoms with Gasteiger partial charge in [-0.3, -0.25) is 4.79 Å². The van der Waals surface area contributed by atoms with Gasteiger partial charge in [0, 0.05) is 18.8 Å². The van der Waals surface area contributed by atoms with Crippen molar-refractivity contribution in [1.82, 2.24) is 4.90 Å². The summed E-state index contributed by atoms with van der Waals surface area (Å²) in [5, 5.41) is 0. The number of carbonyl (C=O) groups excluding carboxylic acids is 1. The Balaban J connectivity index is 2.09. The zero-order valence-corrected chi connectivity index (χ0v) is 8.40. The van der Waals surface area contributed by atoms with Crippen LogP contribution in [-0.4, -0.2) is 31.1 Å². The van der Waals surface area contributed by atoms with Gasteiger partial charge in [-0.25, -0.2) is 4.39 Å². The first-order valence-corrected chi connectivity index (χ1v) is 4.99. The van der Waals surface area contributed by atoms with Crippen LogP contribution in [0.5, 0.6) is 0 Å². The molecule has 0 N–H and O–H groups in total. The third kappa shape index (κ3) is 2.26. The first-order valence-electron chi connectivity index (χ1n) is 4.99. The van der Waals surface area contributed by atoms with Gasteiger partial charge in [-0.05, 0) is 30.7 Å². The van der Waals surface area contributed by atoms with Gasteiger partial charge < -0.3 is 9.80 Å². The molecule has 0 saturated carbocycles. The molecule has 2 rings (SSSR count). The van der Waals surface area contributed by atoms with E-state index in [2.05, 4.69) is 4.90 Å². The predicted octanol–water partition coefficient (Wildman–Crippen LogP) is 1.45. The van der Waals surface area contributed by atoms with Crippen molar-refractivity contribution in [1.29, 1.82) is 0 Å². The molecule has 4 heteroatoms. The molecule has 3 nitrogen and oxygen atoms in total. The Morgan fingerprint density at radius 3 is 2.60 bits per heavy atom. The highest BCUT2D eigenvalue weighted by molar-refractivity contribution is 5.51. The van der Waals surface area contributed by atoms with Crippen LogP contribution in [0, 0.1) is 5.82 Å². The maximum absolute atomic E-state index is 12.7. The van der Waals surface area contributed by atoms with Crippen LogP contribution >= 0.6 is 0 Å². The van der Waals surface area contributed by atoms with Crippen LogP contribution in [0.3, 0.4) is 0 Å². The fraction of sp³-hybridized carbons (Fsp3) is 0.364. The van der Waals surface area contributed by atoms with Crippen LogP contribution in [0.4, 0.5) is 10.1 Å². The lowest BCUT2D eigenvalue weighted by molar-refractivity contribution is -0.118. The first-order chi connectivity index (χ1) is 7.29. The normalized spacial score (nSPS) is 16.6. The van der Waals surface area contributed by atoms with Crippen LogP contribution in [0.1, 0.15) is 6.42 Å². The number of halogens is 1. The van der Waals surface area contributed by atoms with Crippen LogP contribution in [0.15, 0.2) is 24.3 Å². The smallest absolute Gasteiger partial charge is 0.211 e. The summed E-state index contributed by atoms with van der Waals surface area (Å²) in [6.07, 6.45) is 1.81. The Bertz CT molecular complexity index is 339. The number of benzene rings is 1. The average Bonchev–Trinajstić information content (AvgIpc) is 2.30. The van der Waals surface area contributed by atoms with Gasteiger partial charge in [0.15, 0.2) is 0 Å². The van der Waals surface area contributed by atoms with Gasteiger partial charge in [0.05, 0.1) is 6.67 Å².